The van der Waals surface area contributed by atoms with Gasteiger partial charge in [-0.2, -0.15) is 0 Å². The van der Waals surface area contributed by atoms with Crippen LogP contribution in [0.2, 0.25) is 0 Å². The highest BCUT2D eigenvalue weighted by Gasteiger charge is 2.11. The van der Waals surface area contributed by atoms with Gasteiger partial charge < -0.3 is 10.6 Å². The van der Waals surface area contributed by atoms with E-state index in [9.17, 15) is 4.79 Å². The van der Waals surface area contributed by atoms with E-state index in [1.807, 2.05) is 0 Å². The smallest absolute Gasteiger partial charge is 0.254 e. The van der Waals surface area contributed by atoms with Gasteiger partial charge in [0.1, 0.15) is 0 Å². The lowest BCUT2D eigenvalue weighted by molar-refractivity contribution is 0.0826. The number of carbonyl (C=O) groups excluding carboxylic acids is 1. The largest absolute Gasteiger partial charge is 0.399 e. The summed E-state index contributed by atoms with van der Waals surface area (Å²) in [6.45, 7) is 0. The maximum atomic E-state index is 11.6. The van der Waals surface area contributed by atoms with Crippen LogP contribution in [0.25, 0.3) is 0 Å². The molecule has 0 spiro atoms. The van der Waals surface area contributed by atoms with Gasteiger partial charge in [-0.1, -0.05) is 0 Å². The highest BCUT2D eigenvalue weighted by Crippen LogP contribution is 2.16. The molecule has 1 rings (SSSR count). The van der Waals surface area contributed by atoms with Crippen molar-refractivity contribution in [2.24, 2.45) is 0 Å². The maximum absolute atomic E-state index is 11.6. The van der Waals surface area contributed by atoms with Crippen molar-refractivity contribution in [3.8, 4) is 0 Å². The van der Waals surface area contributed by atoms with Crippen LogP contribution in [0, 0.1) is 3.57 Å². The SMILES string of the molecule is CN(C)C(=O)c1ccc(N)cc1I. The van der Waals surface area contributed by atoms with E-state index in [1.54, 1.807) is 37.2 Å². The van der Waals surface area contributed by atoms with Crippen LogP contribution in [0.1, 0.15) is 10.4 Å². The summed E-state index contributed by atoms with van der Waals surface area (Å²) in [5.41, 5.74) is 6.95. The Morgan fingerprint density at radius 3 is 2.54 bits per heavy atom. The van der Waals surface area contributed by atoms with Crippen molar-refractivity contribution in [1.82, 2.24) is 4.90 Å². The first kappa shape index (κ1) is 10.3. The molecular weight excluding hydrogens is 279 g/mol. The number of anilines is 1. The molecule has 70 valence electrons. The molecule has 0 aliphatic heterocycles. The Bertz CT molecular complexity index is 336. The zero-order chi connectivity index (χ0) is 10.0. The van der Waals surface area contributed by atoms with Gasteiger partial charge in [0.15, 0.2) is 0 Å². The van der Waals surface area contributed by atoms with Crippen LogP contribution in [0.5, 0.6) is 0 Å². The van der Waals surface area contributed by atoms with E-state index in [4.69, 9.17) is 5.73 Å². The molecule has 0 unspecified atom stereocenters. The summed E-state index contributed by atoms with van der Waals surface area (Å²) in [5, 5.41) is 0. The first-order valence-corrected chi connectivity index (χ1v) is 4.87. The number of benzene rings is 1. The third-order valence-electron chi connectivity index (χ3n) is 1.63. The molecule has 0 aliphatic carbocycles. The minimum Gasteiger partial charge on any atom is -0.399 e. The molecule has 0 fully saturated rings. The summed E-state index contributed by atoms with van der Waals surface area (Å²) in [7, 11) is 3.46. The second-order valence-corrected chi connectivity index (χ2v) is 4.10. The van der Waals surface area contributed by atoms with Gasteiger partial charge in [0.05, 0.1) is 5.56 Å². The van der Waals surface area contributed by atoms with Gasteiger partial charge >= 0.3 is 0 Å². The van der Waals surface area contributed by atoms with Crippen LogP contribution < -0.4 is 5.73 Å². The summed E-state index contributed by atoms with van der Waals surface area (Å²) in [4.78, 5) is 13.1. The number of carbonyl (C=O) groups is 1. The Morgan fingerprint density at radius 2 is 2.08 bits per heavy atom. The maximum Gasteiger partial charge on any atom is 0.254 e. The zero-order valence-electron chi connectivity index (χ0n) is 7.54. The van der Waals surface area contributed by atoms with Gasteiger partial charge in [-0.25, -0.2) is 0 Å². The molecule has 3 nitrogen and oxygen atoms in total. The molecule has 0 atom stereocenters. The van der Waals surface area contributed by atoms with E-state index in [1.165, 1.54) is 0 Å². The molecule has 1 amide bonds. The average molecular weight is 290 g/mol. The molecule has 2 N–H and O–H groups in total. The lowest BCUT2D eigenvalue weighted by Crippen LogP contribution is -2.22. The number of amides is 1. The summed E-state index contributed by atoms with van der Waals surface area (Å²) < 4.78 is 0.885. The Labute approximate surface area is 91.0 Å². The fourth-order valence-electron chi connectivity index (χ4n) is 0.946. The number of halogens is 1. The van der Waals surface area contributed by atoms with Crippen LogP contribution >= 0.6 is 22.6 Å². The Balaban J connectivity index is 3.09. The van der Waals surface area contributed by atoms with Crippen LogP contribution in [0.4, 0.5) is 5.69 Å². The fourth-order valence-corrected chi connectivity index (χ4v) is 1.72. The van der Waals surface area contributed by atoms with E-state index in [-0.39, 0.29) is 5.91 Å². The Hall–Kier alpha value is -0.780. The van der Waals surface area contributed by atoms with Crippen molar-refractivity contribution in [2.75, 3.05) is 19.8 Å². The number of hydrogen-bond donors (Lipinski definition) is 1. The van der Waals surface area contributed by atoms with E-state index in [0.717, 1.165) is 3.57 Å². The van der Waals surface area contributed by atoms with Crippen molar-refractivity contribution >= 4 is 34.2 Å². The molecule has 0 bridgehead atoms. The molecule has 0 aliphatic rings. The van der Waals surface area contributed by atoms with E-state index < -0.39 is 0 Å². The van der Waals surface area contributed by atoms with Crippen LogP contribution in [0.15, 0.2) is 18.2 Å². The third-order valence-corrected chi connectivity index (χ3v) is 2.52. The summed E-state index contributed by atoms with van der Waals surface area (Å²) >= 11 is 2.11. The third kappa shape index (κ3) is 2.33. The Morgan fingerprint density at radius 1 is 1.46 bits per heavy atom. The molecule has 1 aromatic rings. The predicted octanol–water partition coefficient (Wildman–Crippen LogP) is 1.58. The highest BCUT2D eigenvalue weighted by atomic mass is 127. The highest BCUT2D eigenvalue weighted by molar-refractivity contribution is 14.1. The van der Waals surface area contributed by atoms with Gasteiger partial charge in [0.2, 0.25) is 0 Å². The number of rotatable bonds is 1. The van der Waals surface area contributed by atoms with Crippen LogP contribution in [-0.4, -0.2) is 24.9 Å². The number of nitrogens with two attached hydrogens (primary N) is 1. The topological polar surface area (TPSA) is 46.3 Å². The minimum atomic E-state index is 0.00407. The number of nitrogen functional groups attached to an aromatic ring is 1. The summed E-state index contributed by atoms with van der Waals surface area (Å²) in [6.07, 6.45) is 0. The molecule has 0 saturated carbocycles. The van der Waals surface area contributed by atoms with Gasteiger partial charge in [0, 0.05) is 23.4 Å². The lowest BCUT2D eigenvalue weighted by Gasteiger charge is -2.11. The number of hydrogen-bond acceptors (Lipinski definition) is 2. The van der Waals surface area contributed by atoms with Gasteiger partial charge in [-0.05, 0) is 40.8 Å². The molecule has 13 heavy (non-hydrogen) atoms. The van der Waals surface area contributed by atoms with Crippen molar-refractivity contribution in [3.63, 3.8) is 0 Å². The molecule has 0 aromatic heterocycles. The molecule has 0 saturated heterocycles. The van der Waals surface area contributed by atoms with Crippen molar-refractivity contribution in [3.05, 3.63) is 27.3 Å². The molecule has 4 heteroatoms. The van der Waals surface area contributed by atoms with Crippen LogP contribution in [0.3, 0.4) is 0 Å². The molecular formula is C9H11IN2O. The zero-order valence-corrected chi connectivity index (χ0v) is 9.70. The summed E-state index contributed by atoms with van der Waals surface area (Å²) in [5.74, 6) is 0.00407. The second-order valence-electron chi connectivity index (χ2n) is 2.94. The van der Waals surface area contributed by atoms with Crippen molar-refractivity contribution in [1.29, 1.82) is 0 Å². The van der Waals surface area contributed by atoms with Gasteiger partial charge in [0.25, 0.3) is 5.91 Å². The summed E-state index contributed by atoms with van der Waals surface area (Å²) in [6, 6.07) is 5.27. The monoisotopic (exact) mass is 290 g/mol. The van der Waals surface area contributed by atoms with Crippen molar-refractivity contribution < 1.29 is 4.79 Å². The molecule has 0 heterocycles. The van der Waals surface area contributed by atoms with E-state index in [2.05, 4.69) is 22.6 Å². The normalized spacial score (nSPS) is 9.77. The van der Waals surface area contributed by atoms with Gasteiger partial charge in [-0.3, -0.25) is 4.79 Å². The standard InChI is InChI=1S/C9H11IN2O/c1-12(2)9(13)7-4-3-6(11)5-8(7)10/h3-5H,11H2,1-2H3. The minimum absolute atomic E-state index is 0.00407. The van der Waals surface area contributed by atoms with Gasteiger partial charge in [-0.15, -0.1) is 0 Å². The quantitative estimate of drug-likeness (QED) is 0.630. The Kier molecular flexibility index (Phi) is 3.13. The second kappa shape index (κ2) is 3.95. The first-order chi connectivity index (χ1) is 6.02. The average Bonchev–Trinajstić information content (AvgIpc) is 2.03. The first-order valence-electron chi connectivity index (χ1n) is 3.79. The van der Waals surface area contributed by atoms with Crippen molar-refractivity contribution in [2.45, 2.75) is 0 Å². The molecule has 0 radical (unpaired) electrons. The fraction of sp³-hybridized carbons (Fsp3) is 0.222. The predicted molar refractivity (Wildman–Crippen MR) is 61.6 cm³/mol. The van der Waals surface area contributed by atoms with E-state index >= 15 is 0 Å². The van der Waals surface area contributed by atoms with Crippen LogP contribution in [-0.2, 0) is 0 Å². The van der Waals surface area contributed by atoms with E-state index in [0.29, 0.717) is 11.3 Å². The lowest BCUT2D eigenvalue weighted by atomic mass is 10.2. The molecule has 1 aromatic carbocycles. The number of nitrogens with zero attached hydrogens (tertiary/aromatic N) is 1.